The molecule has 11 heavy (non-hydrogen) atoms. The molecule has 2 rings (SSSR count). The first-order valence-corrected chi connectivity index (χ1v) is 4.62. The maximum Gasteiger partial charge on any atom is 0.0318 e. The molecule has 64 valence electrons. The van der Waals surface area contributed by atoms with Crippen LogP contribution in [0.4, 0.5) is 0 Å². The lowest BCUT2D eigenvalue weighted by atomic mass is 10.2. The fraction of sp³-hybridized carbons (Fsp3) is 1.00. The van der Waals surface area contributed by atoms with E-state index in [1.807, 2.05) is 0 Å². The van der Waals surface area contributed by atoms with Crippen molar-refractivity contribution >= 4 is 0 Å². The molecule has 0 radical (unpaired) electrons. The second-order valence-electron chi connectivity index (χ2n) is 3.54. The van der Waals surface area contributed by atoms with Crippen LogP contribution >= 0.6 is 0 Å². The van der Waals surface area contributed by atoms with Crippen LogP contribution in [0, 0.1) is 0 Å². The Morgan fingerprint density at radius 2 is 2.18 bits per heavy atom. The lowest BCUT2D eigenvalue weighted by molar-refractivity contribution is 0.399. The highest BCUT2D eigenvalue weighted by Gasteiger charge is 2.22. The van der Waals surface area contributed by atoms with Crippen LogP contribution in [0.2, 0.25) is 0 Å². The van der Waals surface area contributed by atoms with Crippen LogP contribution in [0.5, 0.6) is 0 Å². The summed E-state index contributed by atoms with van der Waals surface area (Å²) in [5.41, 5.74) is 0. The van der Waals surface area contributed by atoms with Crippen molar-refractivity contribution in [2.24, 2.45) is 0 Å². The van der Waals surface area contributed by atoms with E-state index in [0.29, 0.717) is 6.04 Å². The SMILES string of the molecule is C1CNC(CNC2CC2)CN1. The molecule has 1 aliphatic heterocycles. The third-order valence-corrected chi connectivity index (χ3v) is 2.36. The lowest BCUT2D eigenvalue weighted by Gasteiger charge is -2.24. The van der Waals surface area contributed by atoms with Gasteiger partial charge in [-0.1, -0.05) is 0 Å². The molecule has 1 saturated carbocycles. The summed E-state index contributed by atoms with van der Waals surface area (Å²) < 4.78 is 0. The van der Waals surface area contributed by atoms with Gasteiger partial charge in [-0.3, -0.25) is 0 Å². The van der Waals surface area contributed by atoms with Gasteiger partial charge in [0.2, 0.25) is 0 Å². The Morgan fingerprint density at radius 1 is 1.27 bits per heavy atom. The van der Waals surface area contributed by atoms with Crippen molar-refractivity contribution in [3.05, 3.63) is 0 Å². The molecule has 0 spiro atoms. The van der Waals surface area contributed by atoms with Gasteiger partial charge in [0, 0.05) is 38.3 Å². The zero-order chi connectivity index (χ0) is 7.52. The normalized spacial score (nSPS) is 32.2. The molecule has 1 unspecified atom stereocenters. The van der Waals surface area contributed by atoms with E-state index in [2.05, 4.69) is 16.0 Å². The average molecular weight is 155 g/mol. The van der Waals surface area contributed by atoms with Crippen molar-refractivity contribution in [3.8, 4) is 0 Å². The van der Waals surface area contributed by atoms with E-state index in [1.165, 1.54) is 12.8 Å². The average Bonchev–Trinajstić information content (AvgIpc) is 2.86. The Morgan fingerprint density at radius 3 is 2.82 bits per heavy atom. The van der Waals surface area contributed by atoms with Crippen molar-refractivity contribution in [1.29, 1.82) is 0 Å². The summed E-state index contributed by atoms with van der Waals surface area (Å²) in [6, 6.07) is 1.50. The molecular weight excluding hydrogens is 138 g/mol. The number of hydrogen-bond donors (Lipinski definition) is 3. The molecule has 0 bridgehead atoms. The van der Waals surface area contributed by atoms with Gasteiger partial charge in [-0.2, -0.15) is 0 Å². The van der Waals surface area contributed by atoms with E-state index < -0.39 is 0 Å². The fourth-order valence-electron chi connectivity index (χ4n) is 1.45. The quantitative estimate of drug-likeness (QED) is 0.504. The summed E-state index contributed by atoms with van der Waals surface area (Å²) >= 11 is 0. The summed E-state index contributed by atoms with van der Waals surface area (Å²) in [7, 11) is 0. The minimum atomic E-state index is 0.657. The Hall–Kier alpha value is -0.120. The van der Waals surface area contributed by atoms with E-state index >= 15 is 0 Å². The van der Waals surface area contributed by atoms with Gasteiger partial charge in [-0.15, -0.1) is 0 Å². The standard InChI is InChI=1S/C8H17N3/c1-2-7(1)11-6-8-5-9-3-4-10-8/h7-11H,1-6H2. The molecule has 1 saturated heterocycles. The highest BCUT2D eigenvalue weighted by molar-refractivity contribution is 4.85. The minimum absolute atomic E-state index is 0.657. The molecular formula is C8H17N3. The zero-order valence-corrected chi connectivity index (χ0v) is 6.90. The van der Waals surface area contributed by atoms with Crippen molar-refractivity contribution in [1.82, 2.24) is 16.0 Å². The van der Waals surface area contributed by atoms with Gasteiger partial charge < -0.3 is 16.0 Å². The summed E-state index contributed by atoms with van der Waals surface area (Å²) in [5, 5.41) is 10.4. The van der Waals surface area contributed by atoms with E-state index in [-0.39, 0.29) is 0 Å². The third-order valence-electron chi connectivity index (χ3n) is 2.36. The van der Waals surface area contributed by atoms with Crippen LogP contribution in [0.15, 0.2) is 0 Å². The summed E-state index contributed by atoms with van der Waals surface area (Å²) in [5.74, 6) is 0. The lowest BCUT2D eigenvalue weighted by Crippen LogP contribution is -2.52. The van der Waals surface area contributed by atoms with Crippen molar-refractivity contribution in [3.63, 3.8) is 0 Å². The van der Waals surface area contributed by atoms with Crippen LogP contribution in [0.1, 0.15) is 12.8 Å². The van der Waals surface area contributed by atoms with Crippen LogP contribution in [0.25, 0.3) is 0 Å². The van der Waals surface area contributed by atoms with Crippen molar-refractivity contribution < 1.29 is 0 Å². The van der Waals surface area contributed by atoms with Crippen LogP contribution in [-0.4, -0.2) is 38.3 Å². The zero-order valence-electron chi connectivity index (χ0n) is 6.90. The van der Waals surface area contributed by atoms with E-state index in [9.17, 15) is 0 Å². The molecule has 1 heterocycles. The molecule has 2 fully saturated rings. The fourth-order valence-corrected chi connectivity index (χ4v) is 1.45. The van der Waals surface area contributed by atoms with Crippen LogP contribution < -0.4 is 16.0 Å². The molecule has 0 aromatic rings. The second-order valence-corrected chi connectivity index (χ2v) is 3.54. The van der Waals surface area contributed by atoms with Crippen molar-refractivity contribution in [2.75, 3.05) is 26.2 Å². The van der Waals surface area contributed by atoms with Crippen LogP contribution in [-0.2, 0) is 0 Å². The Labute approximate surface area is 67.9 Å². The Bertz CT molecular complexity index is 117. The Kier molecular flexibility index (Phi) is 2.41. The maximum absolute atomic E-state index is 3.52. The summed E-state index contributed by atoms with van der Waals surface area (Å²) in [4.78, 5) is 0. The molecule has 1 aliphatic carbocycles. The smallest absolute Gasteiger partial charge is 0.0318 e. The van der Waals surface area contributed by atoms with E-state index in [0.717, 1.165) is 32.2 Å². The molecule has 0 aromatic carbocycles. The molecule has 2 aliphatic rings. The van der Waals surface area contributed by atoms with Gasteiger partial charge in [0.15, 0.2) is 0 Å². The highest BCUT2D eigenvalue weighted by Crippen LogP contribution is 2.18. The third kappa shape index (κ3) is 2.43. The van der Waals surface area contributed by atoms with Crippen molar-refractivity contribution in [2.45, 2.75) is 24.9 Å². The number of hydrogen-bond acceptors (Lipinski definition) is 3. The van der Waals surface area contributed by atoms with Crippen LogP contribution in [0.3, 0.4) is 0 Å². The Balaban J connectivity index is 1.59. The molecule has 3 nitrogen and oxygen atoms in total. The van der Waals surface area contributed by atoms with Gasteiger partial charge >= 0.3 is 0 Å². The second kappa shape index (κ2) is 3.52. The van der Waals surface area contributed by atoms with Gasteiger partial charge in [0.25, 0.3) is 0 Å². The monoisotopic (exact) mass is 155 g/mol. The molecule has 0 aromatic heterocycles. The first kappa shape index (κ1) is 7.53. The van der Waals surface area contributed by atoms with E-state index in [1.54, 1.807) is 0 Å². The minimum Gasteiger partial charge on any atom is -0.314 e. The molecule has 0 amide bonds. The molecule has 3 N–H and O–H groups in total. The number of nitrogens with one attached hydrogen (secondary N) is 3. The van der Waals surface area contributed by atoms with Gasteiger partial charge in [-0.05, 0) is 12.8 Å². The first-order valence-electron chi connectivity index (χ1n) is 4.62. The number of piperazine rings is 1. The predicted octanol–water partition coefficient (Wildman–Crippen LogP) is -0.700. The summed E-state index contributed by atoms with van der Waals surface area (Å²) in [6.45, 7) is 4.51. The molecule has 3 heteroatoms. The topological polar surface area (TPSA) is 36.1 Å². The molecule has 1 atom stereocenters. The number of rotatable bonds is 3. The summed E-state index contributed by atoms with van der Waals surface area (Å²) in [6.07, 6.45) is 2.78. The maximum atomic E-state index is 3.52. The van der Waals surface area contributed by atoms with Gasteiger partial charge in [0.05, 0.1) is 0 Å². The first-order chi connectivity index (χ1) is 5.45. The highest BCUT2D eigenvalue weighted by atomic mass is 15.1. The van der Waals surface area contributed by atoms with Gasteiger partial charge in [-0.25, -0.2) is 0 Å². The van der Waals surface area contributed by atoms with Gasteiger partial charge in [0.1, 0.15) is 0 Å². The predicted molar refractivity (Wildman–Crippen MR) is 45.7 cm³/mol. The largest absolute Gasteiger partial charge is 0.314 e. The van der Waals surface area contributed by atoms with E-state index in [4.69, 9.17) is 0 Å².